The molecule has 2 aromatic rings. The van der Waals surface area contributed by atoms with Gasteiger partial charge < -0.3 is 14.4 Å². The van der Waals surface area contributed by atoms with Gasteiger partial charge in [-0.1, -0.05) is 12.1 Å². The third-order valence-electron chi connectivity index (χ3n) is 4.18. The predicted molar refractivity (Wildman–Crippen MR) is 99.4 cm³/mol. The molecule has 3 rings (SSSR count). The molecule has 1 N–H and O–H groups in total. The van der Waals surface area contributed by atoms with E-state index in [2.05, 4.69) is 19.7 Å². The largest absolute Gasteiger partial charge is 0.467 e. The Kier molecular flexibility index (Phi) is 5.88. The molecule has 0 spiro atoms. The van der Waals surface area contributed by atoms with Crippen LogP contribution in [0.15, 0.2) is 23.1 Å². The molecule has 0 atom stereocenters. The minimum atomic E-state index is -3.69. The van der Waals surface area contributed by atoms with Crippen molar-refractivity contribution in [3.63, 3.8) is 0 Å². The Bertz CT molecular complexity index is 914. The second-order valence-electron chi connectivity index (χ2n) is 6.23. The van der Waals surface area contributed by atoms with Gasteiger partial charge in [0.15, 0.2) is 5.82 Å². The first-order chi connectivity index (χ1) is 12.9. The third-order valence-corrected chi connectivity index (χ3v) is 5.72. The molecule has 1 fully saturated rings. The summed E-state index contributed by atoms with van der Waals surface area (Å²) in [6.07, 6.45) is 0. The minimum absolute atomic E-state index is 0.0636. The molecule has 0 radical (unpaired) electrons. The van der Waals surface area contributed by atoms with Crippen LogP contribution >= 0.6 is 0 Å². The molecule has 1 aromatic carbocycles. The van der Waals surface area contributed by atoms with Gasteiger partial charge in [0.05, 0.1) is 31.8 Å². The lowest BCUT2D eigenvalue weighted by Crippen LogP contribution is -2.37. The van der Waals surface area contributed by atoms with E-state index in [9.17, 15) is 8.42 Å². The first kappa shape index (κ1) is 19.5. The van der Waals surface area contributed by atoms with E-state index >= 15 is 0 Å². The van der Waals surface area contributed by atoms with Crippen molar-refractivity contribution < 1.29 is 17.9 Å². The van der Waals surface area contributed by atoms with Crippen LogP contribution in [-0.4, -0.2) is 56.8 Å². The maximum atomic E-state index is 12.7. The minimum Gasteiger partial charge on any atom is -0.467 e. The van der Waals surface area contributed by atoms with E-state index in [1.165, 1.54) is 7.11 Å². The quantitative estimate of drug-likeness (QED) is 0.769. The predicted octanol–water partition coefficient (Wildman–Crippen LogP) is 0.812. The van der Waals surface area contributed by atoms with Crippen LogP contribution in [-0.2, 0) is 21.3 Å². The van der Waals surface area contributed by atoms with E-state index in [0.717, 1.165) is 5.56 Å². The Labute approximate surface area is 158 Å². The number of aromatic nitrogens is 3. The van der Waals surface area contributed by atoms with Crippen LogP contribution in [0.3, 0.4) is 0 Å². The average molecular weight is 393 g/mol. The standard InChI is InChI=1S/C17H23N5O4S/c1-12-4-5-13(2)14(10-12)27(23,24)18-11-15-19-16(21-17(20-15)25-3)22-6-8-26-9-7-22/h4-5,10,18H,6-9,11H2,1-3H3. The Morgan fingerprint density at radius 3 is 2.63 bits per heavy atom. The van der Waals surface area contributed by atoms with Gasteiger partial charge in [0.25, 0.3) is 0 Å². The zero-order valence-electron chi connectivity index (χ0n) is 15.6. The van der Waals surface area contributed by atoms with Crippen molar-refractivity contribution in [2.75, 3.05) is 38.3 Å². The van der Waals surface area contributed by atoms with Crippen LogP contribution in [0, 0.1) is 13.8 Å². The van der Waals surface area contributed by atoms with E-state index in [0.29, 0.717) is 37.8 Å². The van der Waals surface area contributed by atoms with Crippen LogP contribution < -0.4 is 14.4 Å². The summed E-state index contributed by atoms with van der Waals surface area (Å²) < 4.78 is 38.4. The fourth-order valence-electron chi connectivity index (χ4n) is 2.70. The number of hydrogen-bond donors (Lipinski definition) is 1. The van der Waals surface area contributed by atoms with Crippen molar-refractivity contribution in [2.45, 2.75) is 25.3 Å². The van der Waals surface area contributed by atoms with Gasteiger partial charge in [-0.25, -0.2) is 13.1 Å². The van der Waals surface area contributed by atoms with Gasteiger partial charge in [0.2, 0.25) is 16.0 Å². The molecule has 10 heteroatoms. The summed E-state index contributed by atoms with van der Waals surface area (Å²) in [4.78, 5) is 15.0. The highest BCUT2D eigenvalue weighted by molar-refractivity contribution is 7.89. The zero-order chi connectivity index (χ0) is 19.4. The average Bonchev–Trinajstić information content (AvgIpc) is 2.68. The third kappa shape index (κ3) is 4.71. The number of nitrogens with zero attached hydrogens (tertiary/aromatic N) is 4. The molecule has 0 bridgehead atoms. The molecule has 146 valence electrons. The van der Waals surface area contributed by atoms with Crippen LogP contribution in [0.4, 0.5) is 5.95 Å². The Morgan fingerprint density at radius 2 is 1.93 bits per heavy atom. The summed E-state index contributed by atoms with van der Waals surface area (Å²) >= 11 is 0. The Balaban J connectivity index is 1.81. The maximum absolute atomic E-state index is 12.7. The molecule has 27 heavy (non-hydrogen) atoms. The molecule has 1 aliphatic rings. The van der Waals surface area contributed by atoms with E-state index < -0.39 is 10.0 Å². The maximum Gasteiger partial charge on any atom is 0.321 e. The van der Waals surface area contributed by atoms with E-state index in [1.807, 2.05) is 17.9 Å². The van der Waals surface area contributed by atoms with E-state index in [-0.39, 0.29) is 23.3 Å². The lowest BCUT2D eigenvalue weighted by molar-refractivity contribution is 0.122. The lowest BCUT2D eigenvalue weighted by atomic mass is 10.2. The first-order valence-electron chi connectivity index (χ1n) is 8.57. The van der Waals surface area contributed by atoms with Gasteiger partial charge >= 0.3 is 6.01 Å². The van der Waals surface area contributed by atoms with Crippen molar-refractivity contribution >= 4 is 16.0 Å². The van der Waals surface area contributed by atoms with E-state index in [1.54, 1.807) is 19.1 Å². The Morgan fingerprint density at radius 1 is 1.19 bits per heavy atom. The highest BCUT2D eigenvalue weighted by Crippen LogP contribution is 2.18. The van der Waals surface area contributed by atoms with Crippen molar-refractivity contribution in [3.8, 4) is 6.01 Å². The number of aryl methyl sites for hydroxylation is 2. The van der Waals surface area contributed by atoms with Crippen molar-refractivity contribution in [1.29, 1.82) is 0 Å². The zero-order valence-corrected chi connectivity index (χ0v) is 16.4. The number of sulfonamides is 1. The second-order valence-corrected chi connectivity index (χ2v) is 7.97. The fraction of sp³-hybridized carbons (Fsp3) is 0.471. The highest BCUT2D eigenvalue weighted by atomic mass is 32.2. The van der Waals surface area contributed by atoms with Crippen molar-refractivity contribution in [1.82, 2.24) is 19.7 Å². The van der Waals surface area contributed by atoms with E-state index in [4.69, 9.17) is 9.47 Å². The fourth-order valence-corrected chi connectivity index (χ4v) is 4.00. The number of anilines is 1. The van der Waals surface area contributed by atoms with Gasteiger partial charge in [-0.05, 0) is 31.0 Å². The summed E-state index contributed by atoms with van der Waals surface area (Å²) in [7, 11) is -2.23. The van der Waals surface area contributed by atoms with Gasteiger partial charge in [0, 0.05) is 13.1 Å². The summed E-state index contributed by atoms with van der Waals surface area (Å²) in [5.74, 6) is 0.739. The molecule has 0 saturated carbocycles. The van der Waals surface area contributed by atoms with Gasteiger partial charge in [-0.3, -0.25) is 0 Å². The topological polar surface area (TPSA) is 107 Å². The summed E-state index contributed by atoms with van der Waals surface area (Å²) in [5, 5.41) is 0. The van der Waals surface area contributed by atoms with Gasteiger partial charge in [-0.15, -0.1) is 0 Å². The summed E-state index contributed by atoms with van der Waals surface area (Å²) in [5.41, 5.74) is 1.55. The summed E-state index contributed by atoms with van der Waals surface area (Å²) in [6, 6.07) is 5.45. The monoisotopic (exact) mass is 393 g/mol. The SMILES string of the molecule is COc1nc(CNS(=O)(=O)c2cc(C)ccc2C)nc(N2CCOCC2)n1. The smallest absolute Gasteiger partial charge is 0.321 e. The lowest BCUT2D eigenvalue weighted by Gasteiger charge is -2.26. The first-order valence-corrected chi connectivity index (χ1v) is 10.1. The highest BCUT2D eigenvalue weighted by Gasteiger charge is 2.20. The molecule has 1 aliphatic heterocycles. The normalized spacial score (nSPS) is 15.0. The van der Waals surface area contributed by atoms with Gasteiger partial charge in [-0.2, -0.15) is 15.0 Å². The summed E-state index contributed by atoms with van der Waals surface area (Å²) in [6.45, 7) is 6.03. The number of morpholine rings is 1. The molecular weight excluding hydrogens is 370 g/mol. The van der Waals surface area contributed by atoms with Crippen LogP contribution in [0.5, 0.6) is 6.01 Å². The second kappa shape index (κ2) is 8.15. The Hall–Kier alpha value is -2.30. The molecule has 0 unspecified atom stereocenters. The van der Waals surface area contributed by atoms with Crippen molar-refractivity contribution in [2.24, 2.45) is 0 Å². The molecule has 9 nitrogen and oxygen atoms in total. The van der Waals surface area contributed by atoms with Crippen LogP contribution in [0.1, 0.15) is 17.0 Å². The van der Waals surface area contributed by atoms with Crippen LogP contribution in [0.2, 0.25) is 0 Å². The number of benzene rings is 1. The molecule has 0 amide bonds. The number of rotatable bonds is 6. The molecule has 1 saturated heterocycles. The number of methoxy groups -OCH3 is 1. The van der Waals surface area contributed by atoms with Gasteiger partial charge in [0.1, 0.15) is 0 Å². The molecule has 0 aliphatic carbocycles. The molecule has 2 heterocycles. The molecular formula is C17H23N5O4S. The van der Waals surface area contributed by atoms with Crippen molar-refractivity contribution in [3.05, 3.63) is 35.2 Å². The number of hydrogen-bond acceptors (Lipinski definition) is 8. The number of nitrogens with one attached hydrogen (secondary N) is 1. The van der Waals surface area contributed by atoms with Crippen LogP contribution in [0.25, 0.3) is 0 Å². The molecule has 1 aromatic heterocycles. The number of ether oxygens (including phenoxy) is 2.